The van der Waals surface area contributed by atoms with Gasteiger partial charge in [0.2, 0.25) is 0 Å². The van der Waals surface area contributed by atoms with E-state index in [1.807, 2.05) is 6.92 Å². The number of nitro groups is 1. The van der Waals surface area contributed by atoms with Crippen molar-refractivity contribution in [2.24, 2.45) is 0 Å². The van der Waals surface area contributed by atoms with E-state index in [0.717, 1.165) is 11.6 Å². The van der Waals surface area contributed by atoms with Gasteiger partial charge in [-0.15, -0.1) is 0 Å². The Hall–Kier alpha value is -4.49. The third-order valence-corrected chi connectivity index (χ3v) is 5.94. The first-order valence-corrected chi connectivity index (χ1v) is 11.3. The molecule has 0 saturated heterocycles. The van der Waals surface area contributed by atoms with E-state index in [1.165, 1.54) is 36.4 Å². The Morgan fingerprint density at radius 2 is 1.71 bits per heavy atom. The molecule has 10 heteroatoms. The van der Waals surface area contributed by atoms with Gasteiger partial charge < -0.3 is 9.50 Å². The molecule has 1 N–H and O–H groups in total. The number of carbonyl (C=O) groups is 1. The van der Waals surface area contributed by atoms with Gasteiger partial charge in [0.15, 0.2) is 0 Å². The first kappa shape index (κ1) is 24.2. The van der Waals surface area contributed by atoms with Crippen LogP contribution in [0.4, 0.5) is 11.4 Å². The van der Waals surface area contributed by atoms with Gasteiger partial charge in [0.1, 0.15) is 28.0 Å². The van der Waals surface area contributed by atoms with Gasteiger partial charge in [0.05, 0.1) is 4.92 Å². The van der Waals surface area contributed by atoms with Gasteiger partial charge in [0, 0.05) is 11.6 Å². The van der Waals surface area contributed by atoms with Crippen molar-refractivity contribution in [1.29, 1.82) is 5.26 Å². The highest BCUT2D eigenvalue weighted by molar-refractivity contribution is 7.87. The number of hydrogen-bond donors (Lipinski definition) is 1. The van der Waals surface area contributed by atoms with E-state index >= 15 is 0 Å². The summed E-state index contributed by atoms with van der Waals surface area (Å²) >= 11 is 0. The van der Waals surface area contributed by atoms with Gasteiger partial charge in [-0.2, -0.15) is 13.7 Å². The summed E-state index contributed by atoms with van der Waals surface area (Å²) in [6.45, 7) is 3.48. The molecule has 0 aliphatic carbocycles. The molecular formula is C24H19N3O6S. The summed E-state index contributed by atoms with van der Waals surface area (Å²) in [5.74, 6) is -0.990. The molecule has 3 rings (SSSR count). The molecule has 0 unspecified atom stereocenters. The van der Waals surface area contributed by atoms with Gasteiger partial charge in [-0.25, -0.2) is 0 Å². The molecule has 172 valence electrons. The Labute approximate surface area is 196 Å². The van der Waals surface area contributed by atoms with Crippen molar-refractivity contribution in [1.82, 2.24) is 0 Å². The van der Waals surface area contributed by atoms with E-state index in [4.69, 9.17) is 4.18 Å². The van der Waals surface area contributed by atoms with Crippen LogP contribution >= 0.6 is 0 Å². The summed E-state index contributed by atoms with van der Waals surface area (Å²) in [5.41, 5.74) is 0.858. The molecular weight excluding hydrogens is 458 g/mol. The Morgan fingerprint density at radius 3 is 2.35 bits per heavy atom. The van der Waals surface area contributed by atoms with E-state index in [-0.39, 0.29) is 27.6 Å². The number of hydrogen-bond acceptors (Lipinski definition) is 7. The third kappa shape index (κ3) is 5.65. The van der Waals surface area contributed by atoms with Crippen LogP contribution in [0.3, 0.4) is 0 Å². The average molecular weight is 477 g/mol. The lowest BCUT2D eigenvalue weighted by Crippen LogP contribution is -2.15. The van der Waals surface area contributed by atoms with Crippen molar-refractivity contribution < 1.29 is 22.3 Å². The Bertz CT molecular complexity index is 1440. The highest BCUT2D eigenvalue weighted by Gasteiger charge is 2.20. The van der Waals surface area contributed by atoms with Crippen LogP contribution in [0.2, 0.25) is 0 Å². The molecule has 1 amide bonds. The van der Waals surface area contributed by atoms with Gasteiger partial charge >= 0.3 is 10.1 Å². The predicted octanol–water partition coefficient (Wildman–Crippen LogP) is 4.53. The van der Waals surface area contributed by atoms with Crippen LogP contribution in [-0.2, 0) is 14.9 Å². The highest BCUT2D eigenvalue weighted by atomic mass is 32.2. The molecule has 0 bridgehead atoms. The normalized spacial score (nSPS) is 11.4. The molecule has 0 heterocycles. The molecule has 0 radical (unpaired) electrons. The van der Waals surface area contributed by atoms with Crippen LogP contribution in [0, 0.1) is 35.3 Å². The van der Waals surface area contributed by atoms with E-state index in [1.54, 1.807) is 43.3 Å². The minimum Gasteiger partial charge on any atom is -0.378 e. The zero-order chi connectivity index (χ0) is 24.9. The van der Waals surface area contributed by atoms with Crippen molar-refractivity contribution in [2.45, 2.75) is 18.7 Å². The van der Waals surface area contributed by atoms with Crippen LogP contribution in [0.5, 0.6) is 5.75 Å². The lowest BCUT2D eigenvalue weighted by molar-refractivity contribution is -0.384. The maximum Gasteiger partial charge on any atom is 0.339 e. The van der Waals surface area contributed by atoms with Crippen molar-refractivity contribution in [2.75, 3.05) is 5.32 Å². The quantitative estimate of drug-likeness (QED) is 0.173. The van der Waals surface area contributed by atoms with E-state index in [9.17, 15) is 28.6 Å². The maximum atomic E-state index is 12.7. The van der Waals surface area contributed by atoms with E-state index in [0.29, 0.717) is 5.56 Å². The molecule has 0 fully saturated rings. The summed E-state index contributed by atoms with van der Waals surface area (Å²) in [6.07, 6.45) is 1.15. The second-order valence-electron chi connectivity index (χ2n) is 7.29. The van der Waals surface area contributed by atoms with Crippen molar-refractivity contribution >= 4 is 33.5 Å². The fraction of sp³-hybridized carbons (Fsp3) is 0.0833. The zero-order valence-electron chi connectivity index (χ0n) is 18.2. The molecule has 3 aromatic rings. The van der Waals surface area contributed by atoms with Crippen LogP contribution < -0.4 is 9.50 Å². The van der Waals surface area contributed by atoms with Crippen LogP contribution in [0.15, 0.2) is 77.2 Å². The number of aryl methyl sites for hydroxylation is 2. The fourth-order valence-electron chi connectivity index (χ4n) is 2.94. The van der Waals surface area contributed by atoms with Gasteiger partial charge in [-0.3, -0.25) is 14.9 Å². The Balaban J connectivity index is 1.92. The molecule has 3 aromatic carbocycles. The maximum absolute atomic E-state index is 12.7. The van der Waals surface area contributed by atoms with Crippen molar-refractivity contribution in [3.05, 3.63) is 99.1 Å². The summed E-state index contributed by atoms with van der Waals surface area (Å²) in [4.78, 5) is 23.3. The zero-order valence-corrected chi connectivity index (χ0v) is 19.0. The van der Waals surface area contributed by atoms with Crippen LogP contribution in [-0.4, -0.2) is 19.2 Å². The third-order valence-electron chi connectivity index (χ3n) is 4.69. The van der Waals surface area contributed by atoms with Crippen molar-refractivity contribution in [3.63, 3.8) is 0 Å². The Morgan fingerprint density at radius 1 is 1.06 bits per heavy atom. The molecule has 0 aliphatic rings. The first-order chi connectivity index (χ1) is 16.1. The van der Waals surface area contributed by atoms with Crippen LogP contribution in [0.25, 0.3) is 6.08 Å². The lowest BCUT2D eigenvalue weighted by Gasteiger charge is -2.10. The van der Waals surface area contributed by atoms with Gasteiger partial charge in [-0.05, 0) is 49.8 Å². The molecule has 0 spiro atoms. The second-order valence-corrected chi connectivity index (χ2v) is 8.84. The number of amides is 1. The summed E-state index contributed by atoms with van der Waals surface area (Å²) in [5, 5.41) is 23.2. The number of nitrogens with zero attached hydrogens (tertiary/aromatic N) is 2. The molecule has 0 atom stereocenters. The standard InChI is InChI=1S/C24H19N3O6S/c1-16-7-10-20(11-8-16)34(31,32)33-23-6-4-3-5-18(23)14-19(15-25)24(28)26-21-12-9-17(2)13-22(21)27(29)30/h3-14H,1-2H3,(H,26,28)/b19-14+. The SMILES string of the molecule is Cc1ccc(S(=O)(=O)Oc2ccccc2/C=C(\C#N)C(=O)Nc2ccc(C)cc2[N+](=O)[O-])cc1. The molecule has 0 aromatic heterocycles. The minimum atomic E-state index is -4.17. The van der Waals surface area contributed by atoms with Gasteiger partial charge in [0.25, 0.3) is 11.6 Å². The molecule has 0 saturated carbocycles. The van der Waals surface area contributed by atoms with E-state index in [2.05, 4.69) is 5.32 Å². The largest absolute Gasteiger partial charge is 0.378 e. The number of benzene rings is 3. The Kier molecular flexibility index (Phi) is 7.09. The number of anilines is 1. The summed E-state index contributed by atoms with van der Waals surface area (Å²) < 4.78 is 30.6. The van der Waals surface area contributed by atoms with E-state index < -0.39 is 26.5 Å². The number of para-hydroxylation sites is 1. The average Bonchev–Trinajstić information content (AvgIpc) is 2.79. The topological polar surface area (TPSA) is 139 Å². The number of nitro benzene ring substituents is 1. The van der Waals surface area contributed by atoms with Crippen molar-refractivity contribution in [3.8, 4) is 11.8 Å². The minimum absolute atomic E-state index is 0.0539. The van der Waals surface area contributed by atoms with Gasteiger partial charge in [-0.1, -0.05) is 42.0 Å². The second kappa shape index (κ2) is 9.97. The number of carbonyl (C=O) groups excluding carboxylic acids is 1. The number of rotatable bonds is 7. The first-order valence-electron chi connectivity index (χ1n) is 9.89. The number of nitrogens with one attached hydrogen (secondary N) is 1. The molecule has 34 heavy (non-hydrogen) atoms. The lowest BCUT2D eigenvalue weighted by atomic mass is 10.1. The summed E-state index contributed by atoms with van der Waals surface area (Å²) in [7, 11) is -4.17. The molecule has 9 nitrogen and oxygen atoms in total. The molecule has 0 aliphatic heterocycles. The summed E-state index contributed by atoms with van der Waals surface area (Å²) in [6, 6.07) is 18.0. The fourth-order valence-corrected chi connectivity index (χ4v) is 3.89. The smallest absolute Gasteiger partial charge is 0.339 e. The highest BCUT2D eigenvalue weighted by Crippen LogP contribution is 2.28. The van der Waals surface area contributed by atoms with Crippen LogP contribution in [0.1, 0.15) is 16.7 Å². The number of nitriles is 1. The predicted molar refractivity (Wildman–Crippen MR) is 125 cm³/mol. The monoisotopic (exact) mass is 477 g/mol.